The van der Waals surface area contributed by atoms with Crippen molar-refractivity contribution in [2.24, 2.45) is 23.7 Å². The molecule has 5 heteroatoms. The fourth-order valence-electron chi connectivity index (χ4n) is 5.51. The van der Waals surface area contributed by atoms with Gasteiger partial charge in [-0.25, -0.2) is 9.78 Å². The normalized spacial score (nSPS) is 34.4. The summed E-state index contributed by atoms with van der Waals surface area (Å²) in [6.45, 7) is 0. The van der Waals surface area contributed by atoms with E-state index in [-0.39, 0.29) is 11.6 Å². The molecule has 1 aromatic rings. The summed E-state index contributed by atoms with van der Waals surface area (Å²) < 4.78 is 0. The molecule has 1 heterocycles. The van der Waals surface area contributed by atoms with Gasteiger partial charge < -0.3 is 10.0 Å². The summed E-state index contributed by atoms with van der Waals surface area (Å²) in [7, 11) is 1.90. The van der Waals surface area contributed by atoms with Gasteiger partial charge in [0.15, 0.2) is 0 Å². The van der Waals surface area contributed by atoms with Crippen molar-refractivity contribution in [1.82, 2.24) is 9.88 Å². The van der Waals surface area contributed by atoms with Crippen LogP contribution in [0.15, 0.2) is 18.3 Å². The number of carboxylic acid groups (broad SMARTS) is 1. The zero-order chi connectivity index (χ0) is 16.1. The van der Waals surface area contributed by atoms with Crippen LogP contribution in [0.25, 0.3) is 0 Å². The molecule has 0 unspecified atom stereocenters. The first-order chi connectivity index (χ1) is 11.0. The van der Waals surface area contributed by atoms with Crippen LogP contribution in [0.5, 0.6) is 0 Å². The zero-order valence-corrected chi connectivity index (χ0v) is 13.3. The van der Waals surface area contributed by atoms with Gasteiger partial charge in [-0.1, -0.05) is 0 Å². The third kappa shape index (κ3) is 2.42. The third-order valence-electron chi connectivity index (χ3n) is 6.17. The number of amides is 1. The van der Waals surface area contributed by atoms with E-state index < -0.39 is 5.97 Å². The second kappa shape index (κ2) is 5.32. The number of aromatic carboxylic acids is 1. The molecule has 0 radical (unpaired) electrons. The maximum atomic E-state index is 12.8. The summed E-state index contributed by atoms with van der Waals surface area (Å²) in [5, 5.41) is 8.91. The first-order valence-corrected chi connectivity index (χ1v) is 8.49. The summed E-state index contributed by atoms with van der Waals surface area (Å²) in [6, 6.07) is 3.32. The SMILES string of the molecule is CN(C(=O)c1ccc(C(=O)O)nc1)C1C2CC3CC(C2)CC1C3. The fraction of sp³-hybridized carbons (Fsp3) is 0.611. The highest BCUT2D eigenvalue weighted by Gasteiger charge is 2.50. The van der Waals surface area contributed by atoms with Crippen molar-refractivity contribution in [3.8, 4) is 0 Å². The largest absolute Gasteiger partial charge is 0.477 e. The van der Waals surface area contributed by atoms with Gasteiger partial charge in [-0.05, 0) is 67.9 Å². The number of carboxylic acids is 1. The van der Waals surface area contributed by atoms with Crippen LogP contribution in [0.3, 0.4) is 0 Å². The van der Waals surface area contributed by atoms with Gasteiger partial charge in [0.2, 0.25) is 0 Å². The van der Waals surface area contributed by atoms with Crippen molar-refractivity contribution in [2.75, 3.05) is 7.05 Å². The van der Waals surface area contributed by atoms with Gasteiger partial charge in [0.05, 0.1) is 5.56 Å². The molecule has 4 fully saturated rings. The maximum absolute atomic E-state index is 12.8. The number of nitrogens with zero attached hydrogens (tertiary/aromatic N) is 2. The van der Waals surface area contributed by atoms with Crippen LogP contribution in [0, 0.1) is 23.7 Å². The van der Waals surface area contributed by atoms with Crippen molar-refractivity contribution in [2.45, 2.75) is 38.1 Å². The molecule has 4 saturated carbocycles. The van der Waals surface area contributed by atoms with Crippen molar-refractivity contribution < 1.29 is 14.7 Å². The van der Waals surface area contributed by atoms with Gasteiger partial charge in [-0.15, -0.1) is 0 Å². The van der Waals surface area contributed by atoms with Gasteiger partial charge in [0.1, 0.15) is 5.69 Å². The lowest BCUT2D eigenvalue weighted by Crippen LogP contribution is -2.56. The molecule has 0 atom stereocenters. The number of rotatable bonds is 3. The van der Waals surface area contributed by atoms with Gasteiger partial charge in [-0.2, -0.15) is 0 Å². The Hall–Kier alpha value is -1.91. The maximum Gasteiger partial charge on any atom is 0.354 e. The summed E-state index contributed by atoms with van der Waals surface area (Å²) >= 11 is 0. The van der Waals surface area contributed by atoms with Crippen LogP contribution in [0.2, 0.25) is 0 Å². The Balaban J connectivity index is 1.53. The molecule has 23 heavy (non-hydrogen) atoms. The smallest absolute Gasteiger partial charge is 0.354 e. The second-order valence-corrected chi connectivity index (χ2v) is 7.57. The molecule has 5 rings (SSSR count). The molecule has 0 aliphatic heterocycles. The van der Waals surface area contributed by atoms with E-state index in [1.165, 1.54) is 44.4 Å². The lowest BCUT2D eigenvalue weighted by atomic mass is 9.54. The Morgan fingerprint density at radius 1 is 1.09 bits per heavy atom. The van der Waals surface area contributed by atoms with Crippen molar-refractivity contribution >= 4 is 11.9 Å². The minimum Gasteiger partial charge on any atom is -0.477 e. The first kappa shape index (κ1) is 14.7. The summed E-state index contributed by atoms with van der Waals surface area (Å²) in [5.74, 6) is 1.95. The molecular formula is C18H22N2O3. The molecule has 1 aromatic heterocycles. The first-order valence-electron chi connectivity index (χ1n) is 8.49. The predicted molar refractivity (Wildman–Crippen MR) is 84.1 cm³/mol. The topological polar surface area (TPSA) is 70.5 Å². The molecule has 4 aliphatic carbocycles. The highest BCUT2D eigenvalue weighted by atomic mass is 16.4. The van der Waals surface area contributed by atoms with E-state index in [1.54, 1.807) is 6.07 Å². The number of hydrogen-bond donors (Lipinski definition) is 1. The summed E-state index contributed by atoms with van der Waals surface area (Å²) in [5.41, 5.74) is 0.449. The minimum atomic E-state index is -1.07. The predicted octanol–water partition coefficient (Wildman–Crippen LogP) is 2.68. The van der Waals surface area contributed by atoms with Crippen molar-refractivity contribution in [3.63, 3.8) is 0 Å². The molecule has 122 valence electrons. The number of pyridine rings is 1. The summed E-state index contributed by atoms with van der Waals surface area (Å²) in [6.07, 6.45) is 7.87. The highest BCUT2D eigenvalue weighted by Crippen LogP contribution is 2.55. The van der Waals surface area contributed by atoms with Crippen LogP contribution < -0.4 is 0 Å². The Bertz CT molecular complexity index is 612. The number of aromatic nitrogens is 1. The van der Waals surface area contributed by atoms with E-state index in [2.05, 4.69) is 4.98 Å². The molecule has 4 aliphatic rings. The van der Waals surface area contributed by atoms with E-state index in [4.69, 9.17) is 5.11 Å². The van der Waals surface area contributed by atoms with Crippen LogP contribution in [0.4, 0.5) is 0 Å². The molecule has 0 spiro atoms. The molecule has 1 N–H and O–H groups in total. The average molecular weight is 314 g/mol. The van der Waals surface area contributed by atoms with Crippen LogP contribution >= 0.6 is 0 Å². The standard InChI is InChI=1S/C18H22N2O3/c1-20(17(21)12-2-3-15(18(22)23)19-9-12)16-13-5-10-4-11(7-13)8-14(16)6-10/h2-3,9-11,13-14,16H,4-8H2,1H3,(H,22,23). The van der Waals surface area contributed by atoms with Crippen LogP contribution in [-0.2, 0) is 0 Å². The lowest BCUT2D eigenvalue weighted by Gasteiger charge is -2.56. The van der Waals surface area contributed by atoms with E-state index in [9.17, 15) is 9.59 Å². The molecule has 0 aromatic carbocycles. The van der Waals surface area contributed by atoms with Gasteiger partial charge in [0.25, 0.3) is 5.91 Å². The number of hydrogen-bond acceptors (Lipinski definition) is 3. The van der Waals surface area contributed by atoms with E-state index in [0.29, 0.717) is 23.4 Å². The van der Waals surface area contributed by atoms with E-state index in [1.807, 2.05) is 11.9 Å². The Kier molecular flexibility index (Phi) is 3.39. The van der Waals surface area contributed by atoms with Gasteiger partial charge >= 0.3 is 5.97 Å². The molecule has 1 amide bonds. The molecular weight excluding hydrogens is 292 g/mol. The number of carbonyl (C=O) groups is 2. The zero-order valence-electron chi connectivity index (χ0n) is 13.3. The van der Waals surface area contributed by atoms with E-state index >= 15 is 0 Å². The molecule has 4 bridgehead atoms. The Morgan fingerprint density at radius 2 is 1.70 bits per heavy atom. The monoisotopic (exact) mass is 314 g/mol. The van der Waals surface area contributed by atoms with Gasteiger partial charge in [-0.3, -0.25) is 4.79 Å². The van der Waals surface area contributed by atoms with Gasteiger partial charge in [0, 0.05) is 19.3 Å². The molecule has 5 nitrogen and oxygen atoms in total. The minimum absolute atomic E-state index is 0.0289. The van der Waals surface area contributed by atoms with Crippen molar-refractivity contribution in [3.05, 3.63) is 29.6 Å². The Morgan fingerprint density at radius 3 is 2.17 bits per heavy atom. The van der Waals surface area contributed by atoms with E-state index in [0.717, 1.165) is 11.8 Å². The molecule has 0 saturated heterocycles. The number of carbonyl (C=O) groups excluding carboxylic acids is 1. The van der Waals surface area contributed by atoms with Crippen molar-refractivity contribution in [1.29, 1.82) is 0 Å². The van der Waals surface area contributed by atoms with Crippen LogP contribution in [-0.4, -0.2) is 40.0 Å². The quantitative estimate of drug-likeness (QED) is 0.931. The third-order valence-corrected chi connectivity index (χ3v) is 6.17. The Labute approximate surface area is 135 Å². The lowest BCUT2D eigenvalue weighted by molar-refractivity contribution is -0.0491. The average Bonchev–Trinajstić information content (AvgIpc) is 2.53. The van der Waals surface area contributed by atoms with Crippen LogP contribution in [0.1, 0.15) is 53.0 Å². The fourth-order valence-corrected chi connectivity index (χ4v) is 5.51. The highest BCUT2D eigenvalue weighted by molar-refractivity contribution is 5.95. The summed E-state index contributed by atoms with van der Waals surface area (Å²) in [4.78, 5) is 29.4. The second-order valence-electron chi connectivity index (χ2n) is 7.57.